The van der Waals surface area contributed by atoms with Gasteiger partial charge in [0.05, 0.1) is 16.7 Å². The van der Waals surface area contributed by atoms with Gasteiger partial charge in [0.15, 0.2) is 0 Å². The highest BCUT2D eigenvalue weighted by Gasteiger charge is 2.27. The van der Waals surface area contributed by atoms with Gasteiger partial charge in [-0.3, -0.25) is 0 Å². The molecule has 0 amide bonds. The van der Waals surface area contributed by atoms with E-state index in [1.165, 1.54) is 5.56 Å². The summed E-state index contributed by atoms with van der Waals surface area (Å²) in [4.78, 5) is 14.8. The summed E-state index contributed by atoms with van der Waals surface area (Å²) in [5.74, 6) is 1.21. The zero-order valence-corrected chi connectivity index (χ0v) is 15.9. The quantitative estimate of drug-likeness (QED) is 0.736. The van der Waals surface area contributed by atoms with E-state index in [9.17, 15) is 0 Å². The molecule has 0 saturated carbocycles. The van der Waals surface area contributed by atoms with Crippen molar-refractivity contribution in [2.75, 3.05) is 25.5 Å². The number of aromatic amines is 1. The van der Waals surface area contributed by atoms with Crippen LogP contribution in [0.25, 0.3) is 11.0 Å². The second-order valence-corrected chi connectivity index (χ2v) is 6.68. The number of fused-ring (bicyclic) bond motifs is 1. The molecule has 4 rings (SSSR count). The maximum absolute atomic E-state index is 4.88. The summed E-state index contributed by atoms with van der Waals surface area (Å²) in [7, 11) is 3.99. The first-order valence-electron chi connectivity index (χ1n) is 8.53. The number of H-pyrrole nitrogens is 1. The lowest BCUT2D eigenvalue weighted by Gasteiger charge is -2.31. The molecule has 4 N–H and O–H groups in total. The normalized spacial score (nSPS) is 19.5. The van der Waals surface area contributed by atoms with E-state index >= 15 is 0 Å². The maximum atomic E-state index is 4.88. The lowest BCUT2D eigenvalue weighted by Crippen LogP contribution is -2.31. The fourth-order valence-electron chi connectivity index (χ4n) is 3.56. The van der Waals surface area contributed by atoms with Crippen molar-refractivity contribution >= 4 is 29.4 Å². The molecule has 0 aliphatic carbocycles. The van der Waals surface area contributed by atoms with Crippen LogP contribution >= 0.6 is 12.4 Å². The van der Waals surface area contributed by atoms with Crippen LogP contribution in [0.15, 0.2) is 42.6 Å². The van der Waals surface area contributed by atoms with Crippen LogP contribution in [0, 0.1) is 0 Å². The molecule has 1 aliphatic heterocycles. The predicted molar refractivity (Wildman–Crippen MR) is 108 cm³/mol. The molecule has 26 heavy (non-hydrogen) atoms. The molecule has 3 heterocycles. The zero-order chi connectivity index (χ0) is 16.5. The van der Waals surface area contributed by atoms with E-state index in [0.29, 0.717) is 12.0 Å². The van der Waals surface area contributed by atoms with Gasteiger partial charge in [0.25, 0.3) is 0 Å². The van der Waals surface area contributed by atoms with Crippen molar-refractivity contribution in [1.29, 1.82) is 0 Å². The molecule has 0 spiro atoms. The molecule has 1 aliphatic rings. The van der Waals surface area contributed by atoms with E-state index < -0.39 is 0 Å². The van der Waals surface area contributed by atoms with Gasteiger partial charge < -0.3 is 20.7 Å². The Balaban J connectivity index is 0.00000121. The molecule has 1 aromatic carbocycles. The van der Waals surface area contributed by atoms with Crippen LogP contribution in [-0.4, -0.2) is 41.1 Å². The van der Waals surface area contributed by atoms with E-state index in [0.717, 1.165) is 42.1 Å². The number of hydrogen-bond acceptors (Lipinski definition) is 4. The largest absolute Gasteiger partial charge is 0.412 e. The smallest absolute Gasteiger partial charge is 0.225 e. The fraction of sp³-hybridized carbons (Fsp3) is 0.368. The number of halogens is 1. The predicted octanol–water partition coefficient (Wildman–Crippen LogP) is 2.83. The van der Waals surface area contributed by atoms with Crippen LogP contribution in [0.5, 0.6) is 0 Å². The summed E-state index contributed by atoms with van der Waals surface area (Å²) < 4.78 is 0. The van der Waals surface area contributed by atoms with E-state index in [1.807, 2.05) is 31.3 Å². The van der Waals surface area contributed by atoms with Crippen molar-refractivity contribution in [1.82, 2.24) is 20.3 Å². The molecule has 140 valence electrons. The lowest BCUT2D eigenvalue weighted by atomic mass is 9.86. The molecule has 7 heteroatoms. The lowest BCUT2D eigenvalue weighted by molar-refractivity contribution is 0.366. The van der Waals surface area contributed by atoms with Crippen LogP contribution in [0.1, 0.15) is 36.1 Å². The third kappa shape index (κ3) is 3.82. The molecule has 0 radical (unpaired) electrons. The Bertz CT molecular complexity index is 836. The van der Waals surface area contributed by atoms with E-state index in [-0.39, 0.29) is 17.9 Å². The van der Waals surface area contributed by atoms with Gasteiger partial charge in [0.1, 0.15) is 0 Å². The number of nitrogens with zero attached hydrogens (tertiary/aromatic N) is 3. The van der Waals surface area contributed by atoms with Gasteiger partial charge in [0, 0.05) is 32.3 Å². The molecule has 2 atom stereocenters. The minimum absolute atomic E-state index is 0. The standard InChI is InChI=1S/C19H23N5.ClH.H2O/c1-24(2)19-22-15-9-11-21-18(15)17(23-19)14-8-10-20-16(12-14)13-6-4-3-5-7-13;;/h3-7,9,11,14,16,20-21H,8,10,12H2,1-2H3;1H;1H2. The maximum Gasteiger partial charge on any atom is 0.225 e. The fourth-order valence-corrected chi connectivity index (χ4v) is 3.56. The highest BCUT2D eigenvalue weighted by molar-refractivity contribution is 5.85. The number of aromatic nitrogens is 3. The number of rotatable bonds is 3. The van der Waals surface area contributed by atoms with Crippen molar-refractivity contribution in [3.05, 3.63) is 53.9 Å². The molecule has 2 aromatic heterocycles. The molecule has 1 fully saturated rings. The van der Waals surface area contributed by atoms with E-state index in [1.54, 1.807) is 0 Å². The minimum Gasteiger partial charge on any atom is -0.412 e. The van der Waals surface area contributed by atoms with Crippen LogP contribution in [0.4, 0.5) is 5.95 Å². The Morgan fingerprint density at radius 2 is 1.85 bits per heavy atom. The van der Waals surface area contributed by atoms with Gasteiger partial charge in [0.2, 0.25) is 5.95 Å². The van der Waals surface area contributed by atoms with Gasteiger partial charge in [-0.1, -0.05) is 30.3 Å². The SMILES string of the molecule is CN(C)c1nc(C2CCNC(c3ccccc3)C2)c2[nH]ccc2n1.Cl.O. The molecular weight excluding hydrogens is 350 g/mol. The Morgan fingerprint density at radius 1 is 1.08 bits per heavy atom. The summed E-state index contributed by atoms with van der Waals surface area (Å²) in [5, 5.41) is 3.65. The molecule has 0 bridgehead atoms. The van der Waals surface area contributed by atoms with Gasteiger partial charge in [-0.2, -0.15) is 0 Å². The van der Waals surface area contributed by atoms with Crippen LogP contribution in [0.2, 0.25) is 0 Å². The average Bonchev–Trinajstić information content (AvgIpc) is 3.10. The third-order valence-corrected chi connectivity index (χ3v) is 4.81. The van der Waals surface area contributed by atoms with Crippen molar-refractivity contribution in [2.24, 2.45) is 0 Å². The average molecular weight is 376 g/mol. The van der Waals surface area contributed by atoms with Crippen molar-refractivity contribution < 1.29 is 5.48 Å². The molecule has 1 saturated heterocycles. The summed E-state index contributed by atoms with van der Waals surface area (Å²) in [6, 6.07) is 13.1. The highest BCUT2D eigenvalue weighted by Crippen LogP contribution is 2.36. The second-order valence-electron chi connectivity index (χ2n) is 6.68. The Kier molecular flexibility index (Phi) is 6.58. The summed E-state index contributed by atoms with van der Waals surface area (Å²) in [5.41, 5.74) is 4.58. The van der Waals surface area contributed by atoms with Gasteiger partial charge in [-0.05, 0) is 31.0 Å². The van der Waals surface area contributed by atoms with Crippen LogP contribution < -0.4 is 10.2 Å². The van der Waals surface area contributed by atoms with Gasteiger partial charge in [-0.25, -0.2) is 9.97 Å². The summed E-state index contributed by atoms with van der Waals surface area (Å²) in [6.45, 7) is 1.01. The Morgan fingerprint density at radius 3 is 2.58 bits per heavy atom. The summed E-state index contributed by atoms with van der Waals surface area (Å²) in [6.07, 6.45) is 4.11. The monoisotopic (exact) mass is 375 g/mol. The Hall–Kier alpha value is -2.15. The number of hydrogen-bond donors (Lipinski definition) is 2. The Labute approximate surface area is 159 Å². The molecule has 6 nitrogen and oxygen atoms in total. The van der Waals surface area contributed by atoms with E-state index in [4.69, 9.17) is 4.98 Å². The first-order valence-corrected chi connectivity index (χ1v) is 8.53. The minimum atomic E-state index is 0. The molecular formula is C19H26ClN5O. The number of benzene rings is 1. The van der Waals surface area contributed by atoms with E-state index in [2.05, 4.69) is 45.6 Å². The van der Waals surface area contributed by atoms with Crippen molar-refractivity contribution in [3.63, 3.8) is 0 Å². The second kappa shape index (κ2) is 8.49. The molecule has 3 aromatic rings. The number of anilines is 1. The zero-order valence-electron chi connectivity index (χ0n) is 15.1. The van der Waals surface area contributed by atoms with Gasteiger partial charge in [-0.15, -0.1) is 12.4 Å². The summed E-state index contributed by atoms with van der Waals surface area (Å²) >= 11 is 0. The van der Waals surface area contributed by atoms with Gasteiger partial charge >= 0.3 is 0 Å². The van der Waals surface area contributed by atoms with Crippen LogP contribution in [-0.2, 0) is 0 Å². The topological polar surface area (TPSA) is 88.3 Å². The van der Waals surface area contributed by atoms with Crippen LogP contribution in [0.3, 0.4) is 0 Å². The molecule has 2 unspecified atom stereocenters. The number of piperidine rings is 1. The van der Waals surface area contributed by atoms with Crippen molar-refractivity contribution in [3.8, 4) is 0 Å². The highest BCUT2D eigenvalue weighted by atomic mass is 35.5. The number of nitrogens with one attached hydrogen (secondary N) is 2. The first-order chi connectivity index (χ1) is 11.7. The van der Waals surface area contributed by atoms with Crippen molar-refractivity contribution in [2.45, 2.75) is 24.8 Å². The first kappa shape index (κ1) is 20.2. The third-order valence-electron chi connectivity index (χ3n) is 4.81.